The molecular formula is C28H29NO7. The first-order chi connectivity index (χ1) is 17.4. The van der Waals surface area contributed by atoms with Crippen LogP contribution in [0.5, 0.6) is 34.5 Å². The lowest BCUT2D eigenvalue weighted by atomic mass is 10.1. The third-order valence-corrected chi connectivity index (χ3v) is 5.34. The number of benzene rings is 3. The number of anilines is 1. The smallest absolute Gasteiger partial charge is 0.248 e. The second-order valence-electron chi connectivity index (χ2n) is 7.44. The van der Waals surface area contributed by atoms with E-state index in [-0.39, 0.29) is 17.2 Å². The van der Waals surface area contributed by atoms with Crippen LogP contribution in [-0.2, 0) is 4.79 Å². The molecule has 36 heavy (non-hydrogen) atoms. The van der Waals surface area contributed by atoms with Gasteiger partial charge in [0.2, 0.25) is 11.7 Å². The van der Waals surface area contributed by atoms with Crippen molar-refractivity contribution in [2.75, 3.05) is 40.9 Å². The molecular weight excluding hydrogens is 462 g/mol. The maximum absolute atomic E-state index is 12.7. The number of carbonyl (C=O) groups is 1. The Morgan fingerprint density at radius 2 is 1.36 bits per heavy atom. The van der Waals surface area contributed by atoms with Gasteiger partial charge in [0.05, 0.1) is 41.2 Å². The molecule has 0 aliphatic rings. The molecule has 2 N–H and O–H groups in total. The summed E-state index contributed by atoms with van der Waals surface area (Å²) in [6.07, 6.45) is 6.55. The van der Waals surface area contributed by atoms with Crippen molar-refractivity contribution in [1.29, 1.82) is 0 Å². The molecule has 0 unspecified atom stereocenters. The van der Waals surface area contributed by atoms with Gasteiger partial charge in [-0.05, 0) is 42.0 Å². The van der Waals surface area contributed by atoms with Gasteiger partial charge < -0.3 is 34.1 Å². The molecule has 188 valence electrons. The van der Waals surface area contributed by atoms with E-state index in [1.807, 2.05) is 18.2 Å². The number of hydrogen-bond donors (Lipinski definition) is 2. The number of phenols is 1. The average molecular weight is 492 g/mol. The fraction of sp³-hybridized carbons (Fsp3) is 0.179. The Hall–Kier alpha value is -4.59. The molecule has 0 heterocycles. The number of nitrogens with one attached hydrogen (secondary N) is 1. The van der Waals surface area contributed by atoms with E-state index < -0.39 is 5.91 Å². The van der Waals surface area contributed by atoms with Crippen LogP contribution in [0.1, 0.15) is 16.7 Å². The maximum Gasteiger partial charge on any atom is 0.248 e. The Labute approximate surface area is 210 Å². The Bertz CT molecular complexity index is 1260. The van der Waals surface area contributed by atoms with Gasteiger partial charge in [-0.15, -0.1) is 0 Å². The second kappa shape index (κ2) is 12.2. The van der Waals surface area contributed by atoms with Crippen molar-refractivity contribution in [2.24, 2.45) is 0 Å². The maximum atomic E-state index is 12.7. The summed E-state index contributed by atoms with van der Waals surface area (Å²) >= 11 is 0. The van der Waals surface area contributed by atoms with Gasteiger partial charge in [0.1, 0.15) is 5.75 Å². The van der Waals surface area contributed by atoms with Crippen molar-refractivity contribution in [3.63, 3.8) is 0 Å². The molecule has 0 bridgehead atoms. The number of rotatable bonds is 10. The van der Waals surface area contributed by atoms with Crippen LogP contribution in [0, 0.1) is 0 Å². The van der Waals surface area contributed by atoms with Crippen LogP contribution in [0.4, 0.5) is 5.69 Å². The lowest BCUT2D eigenvalue weighted by molar-refractivity contribution is -0.111. The van der Waals surface area contributed by atoms with Gasteiger partial charge in [0, 0.05) is 17.2 Å². The highest BCUT2D eigenvalue weighted by molar-refractivity contribution is 6.05. The molecule has 0 aromatic heterocycles. The first-order valence-electron chi connectivity index (χ1n) is 11.0. The summed E-state index contributed by atoms with van der Waals surface area (Å²) in [6, 6.07) is 14.2. The zero-order chi connectivity index (χ0) is 26.1. The topological polar surface area (TPSA) is 95.5 Å². The Morgan fingerprint density at radius 1 is 0.722 bits per heavy atom. The molecule has 0 radical (unpaired) electrons. The zero-order valence-electron chi connectivity index (χ0n) is 20.8. The quantitative estimate of drug-likeness (QED) is 0.227. The SMILES string of the molecule is COc1ccccc1/C=C/C(=O)Nc1c(/C=C/c2cc(OC)c(OC)c(OC)c2)ccc(OC)c1O. The largest absolute Gasteiger partial charge is 0.503 e. The van der Waals surface area contributed by atoms with Crippen molar-refractivity contribution < 1.29 is 33.6 Å². The van der Waals surface area contributed by atoms with Crippen LogP contribution in [0.2, 0.25) is 0 Å². The predicted molar refractivity (Wildman–Crippen MR) is 140 cm³/mol. The van der Waals surface area contributed by atoms with E-state index in [2.05, 4.69) is 5.32 Å². The van der Waals surface area contributed by atoms with Crippen LogP contribution < -0.4 is 29.0 Å². The fourth-order valence-electron chi connectivity index (χ4n) is 3.54. The first kappa shape index (κ1) is 26.0. The summed E-state index contributed by atoms with van der Waals surface area (Å²) in [5, 5.41) is 13.5. The molecule has 0 saturated heterocycles. The van der Waals surface area contributed by atoms with Crippen LogP contribution in [0.15, 0.2) is 54.6 Å². The number of hydrogen-bond acceptors (Lipinski definition) is 7. The predicted octanol–water partition coefficient (Wildman–Crippen LogP) is 5.26. The van der Waals surface area contributed by atoms with E-state index in [1.165, 1.54) is 20.3 Å². The Balaban J connectivity index is 1.94. The molecule has 0 saturated carbocycles. The van der Waals surface area contributed by atoms with Gasteiger partial charge in [-0.2, -0.15) is 0 Å². The van der Waals surface area contributed by atoms with E-state index in [1.54, 1.807) is 69.9 Å². The van der Waals surface area contributed by atoms with Gasteiger partial charge in [0.15, 0.2) is 23.0 Å². The van der Waals surface area contributed by atoms with Crippen molar-refractivity contribution in [1.82, 2.24) is 0 Å². The second-order valence-corrected chi connectivity index (χ2v) is 7.44. The third kappa shape index (κ3) is 5.90. The van der Waals surface area contributed by atoms with Gasteiger partial charge >= 0.3 is 0 Å². The molecule has 1 amide bonds. The number of aromatic hydroxyl groups is 1. The molecule has 0 atom stereocenters. The van der Waals surface area contributed by atoms with Gasteiger partial charge in [-0.3, -0.25) is 4.79 Å². The Kier molecular flexibility index (Phi) is 8.83. The fourth-order valence-corrected chi connectivity index (χ4v) is 3.54. The monoisotopic (exact) mass is 491 g/mol. The molecule has 3 rings (SSSR count). The number of ether oxygens (including phenoxy) is 5. The van der Waals surface area contributed by atoms with E-state index in [0.29, 0.717) is 28.6 Å². The first-order valence-corrected chi connectivity index (χ1v) is 11.0. The summed E-state index contributed by atoms with van der Waals surface area (Å²) in [4.78, 5) is 12.7. The highest BCUT2D eigenvalue weighted by atomic mass is 16.5. The molecule has 8 heteroatoms. The molecule has 3 aromatic carbocycles. The summed E-state index contributed by atoms with van der Waals surface area (Å²) in [5.74, 6) is 1.72. The standard InChI is InChI=1S/C28H29NO7/c1-32-21-9-7-6-8-19(21)13-15-25(30)29-26-20(12-14-22(33-2)27(26)31)11-10-18-16-23(34-3)28(36-5)24(17-18)35-4/h6-17,31H,1-5H3,(H,29,30)/b11-10+,15-13+. The normalized spacial score (nSPS) is 10.9. The number of amides is 1. The minimum absolute atomic E-state index is 0.191. The van der Waals surface area contributed by atoms with Crippen molar-refractivity contribution in [2.45, 2.75) is 0 Å². The molecule has 0 fully saturated rings. The van der Waals surface area contributed by atoms with Crippen LogP contribution in [-0.4, -0.2) is 46.6 Å². The van der Waals surface area contributed by atoms with Crippen molar-refractivity contribution in [3.05, 3.63) is 71.3 Å². The van der Waals surface area contributed by atoms with Crippen molar-refractivity contribution >= 4 is 29.8 Å². The lowest BCUT2D eigenvalue weighted by Crippen LogP contribution is -2.09. The zero-order valence-corrected chi connectivity index (χ0v) is 20.8. The molecule has 0 aliphatic carbocycles. The summed E-state index contributed by atoms with van der Waals surface area (Å²) in [5.41, 5.74) is 2.26. The van der Waals surface area contributed by atoms with Crippen molar-refractivity contribution in [3.8, 4) is 34.5 Å². The van der Waals surface area contributed by atoms with Crippen LogP contribution in [0.3, 0.4) is 0 Å². The van der Waals surface area contributed by atoms with E-state index >= 15 is 0 Å². The third-order valence-electron chi connectivity index (χ3n) is 5.34. The highest BCUT2D eigenvalue weighted by Crippen LogP contribution is 2.40. The van der Waals surface area contributed by atoms with Crippen LogP contribution in [0.25, 0.3) is 18.2 Å². The highest BCUT2D eigenvalue weighted by Gasteiger charge is 2.15. The molecule has 0 spiro atoms. The lowest BCUT2D eigenvalue weighted by Gasteiger charge is -2.14. The van der Waals surface area contributed by atoms with Gasteiger partial charge in [0.25, 0.3) is 0 Å². The summed E-state index contributed by atoms with van der Waals surface area (Å²) in [7, 11) is 7.62. The molecule has 0 aliphatic heterocycles. The summed E-state index contributed by atoms with van der Waals surface area (Å²) < 4.78 is 26.7. The molecule has 3 aromatic rings. The minimum atomic E-state index is -0.438. The van der Waals surface area contributed by atoms with E-state index in [4.69, 9.17) is 23.7 Å². The van der Waals surface area contributed by atoms with Gasteiger partial charge in [-0.25, -0.2) is 0 Å². The van der Waals surface area contributed by atoms with E-state index in [9.17, 15) is 9.90 Å². The van der Waals surface area contributed by atoms with E-state index in [0.717, 1.165) is 11.1 Å². The number of phenolic OH excluding ortho intramolecular Hbond substituents is 1. The Morgan fingerprint density at radius 3 is 1.97 bits per heavy atom. The number of methoxy groups -OCH3 is 5. The number of carbonyl (C=O) groups excluding carboxylic acids is 1. The minimum Gasteiger partial charge on any atom is -0.503 e. The van der Waals surface area contributed by atoms with Crippen LogP contribution >= 0.6 is 0 Å². The summed E-state index contributed by atoms with van der Waals surface area (Å²) in [6.45, 7) is 0. The van der Waals surface area contributed by atoms with Gasteiger partial charge in [-0.1, -0.05) is 30.4 Å². The molecule has 8 nitrogen and oxygen atoms in total. The average Bonchev–Trinajstić information content (AvgIpc) is 2.91. The number of para-hydroxylation sites is 1.